The van der Waals surface area contributed by atoms with Crippen LogP contribution in [0.25, 0.3) is 0 Å². The lowest BCUT2D eigenvalue weighted by molar-refractivity contribution is -0.147. The Balaban J connectivity index is 2.41. The molecule has 0 saturated carbocycles. The van der Waals surface area contributed by atoms with Crippen LogP contribution in [0.5, 0.6) is 0 Å². The fraction of sp³-hybridized carbons (Fsp3) is 0.680. The van der Waals surface area contributed by atoms with Gasteiger partial charge in [-0.1, -0.05) is 34.1 Å². The summed E-state index contributed by atoms with van der Waals surface area (Å²) in [7, 11) is 1.66. The van der Waals surface area contributed by atoms with Crippen LogP contribution in [0.2, 0.25) is 0 Å². The summed E-state index contributed by atoms with van der Waals surface area (Å²) in [5.41, 5.74) is 0. The summed E-state index contributed by atoms with van der Waals surface area (Å²) in [5, 5.41) is 18.0. The topological polar surface area (TPSA) is 141 Å². The van der Waals surface area contributed by atoms with Crippen LogP contribution in [0.3, 0.4) is 0 Å². The third-order valence-corrected chi connectivity index (χ3v) is 6.87. The quantitative estimate of drug-likeness (QED) is 0.370. The highest BCUT2D eigenvalue weighted by Gasteiger charge is 2.46. The monoisotopic (exact) mass is 492 g/mol. The number of carbonyl (C=O) groups excluding carboxylic acids is 3. The van der Waals surface area contributed by atoms with Crippen molar-refractivity contribution < 1.29 is 28.7 Å². The molecule has 0 bridgehead atoms. The number of carbonyl (C=O) groups is 4. The van der Waals surface area contributed by atoms with Gasteiger partial charge in [-0.2, -0.15) is 0 Å². The van der Waals surface area contributed by atoms with E-state index in [-0.39, 0.29) is 17.7 Å². The van der Waals surface area contributed by atoms with E-state index in [1.165, 1.54) is 4.90 Å². The maximum absolute atomic E-state index is 13.9. The molecule has 1 fully saturated rings. The Morgan fingerprint density at radius 3 is 2.23 bits per heavy atom. The predicted octanol–water partition coefficient (Wildman–Crippen LogP) is 1.98. The maximum Gasteiger partial charge on any atom is 0.326 e. The molecule has 1 aliphatic rings. The average Bonchev–Trinajstić information content (AvgIpc) is 3.44. The number of hydrogen-bond donors (Lipinski definition) is 4. The molecule has 4 N–H and O–H groups in total. The largest absolute Gasteiger partial charge is 0.480 e. The van der Waals surface area contributed by atoms with E-state index in [0.717, 1.165) is 0 Å². The zero-order valence-electron chi connectivity index (χ0n) is 21.8. The fourth-order valence-corrected chi connectivity index (χ4v) is 4.30. The van der Waals surface area contributed by atoms with Gasteiger partial charge in [-0.05, 0) is 57.7 Å². The van der Waals surface area contributed by atoms with Crippen LogP contribution >= 0.6 is 0 Å². The number of aliphatic carboxylic acids is 1. The highest BCUT2D eigenvalue weighted by atomic mass is 16.4. The Hall–Kier alpha value is -2.88. The van der Waals surface area contributed by atoms with E-state index in [1.54, 1.807) is 40.0 Å². The van der Waals surface area contributed by atoms with Crippen molar-refractivity contribution >= 4 is 23.7 Å². The number of amides is 3. The molecular formula is C25H40N4O6. The first kappa shape index (κ1) is 28.4. The van der Waals surface area contributed by atoms with Gasteiger partial charge in [0.1, 0.15) is 29.6 Å². The second kappa shape index (κ2) is 12.2. The molecule has 1 aromatic rings. The Labute approximate surface area is 207 Å². The first-order valence-electron chi connectivity index (χ1n) is 12.3. The van der Waals surface area contributed by atoms with Crippen LogP contribution < -0.4 is 16.0 Å². The zero-order valence-corrected chi connectivity index (χ0v) is 21.8. The SMILES string of the molecule is CCC(C)C(NC(=O)[C@@H]1CC[C@H](c2ccc(C)o2)N1C(=O)C(NC(=O)C(C)NC)C(C)C)C(=O)O. The number of nitrogens with zero attached hydrogens (tertiary/aromatic N) is 1. The minimum absolute atomic E-state index is 0.245. The van der Waals surface area contributed by atoms with E-state index in [4.69, 9.17) is 4.42 Å². The molecule has 2 rings (SSSR count). The zero-order chi connectivity index (χ0) is 26.4. The van der Waals surface area contributed by atoms with Crippen molar-refractivity contribution in [2.45, 2.75) is 91.0 Å². The molecule has 35 heavy (non-hydrogen) atoms. The first-order chi connectivity index (χ1) is 16.4. The summed E-state index contributed by atoms with van der Waals surface area (Å²) in [5.74, 6) is -1.65. The van der Waals surface area contributed by atoms with Gasteiger partial charge in [-0.15, -0.1) is 0 Å². The lowest BCUT2D eigenvalue weighted by Gasteiger charge is -2.34. The van der Waals surface area contributed by atoms with Gasteiger partial charge in [0.15, 0.2) is 0 Å². The predicted molar refractivity (Wildman–Crippen MR) is 130 cm³/mol. The van der Waals surface area contributed by atoms with Crippen molar-refractivity contribution in [2.75, 3.05) is 7.05 Å². The second-order valence-corrected chi connectivity index (χ2v) is 9.75. The van der Waals surface area contributed by atoms with E-state index in [9.17, 15) is 24.3 Å². The molecule has 1 aliphatic heterocycles. The van der Waals surface area contributed by atoms with E-state index in [1.807, 2.05) is 20.8 Å². The maximum atomic E-state index is 13.9. The molecule has 10 nitrogen and oxygen atoms in total. The normalized spacial score (nSPS) is 21.3. The number of hydrogen-bond acceptors (Lipinski definition) is 6. The van der Waals surface area contributed by atoms with Crippen molar-refractivity contribution in [3.8, 4) is 0 Å². The van der Waals surface area contributed by atoms with Crippen molar-refractivity contribution in [2.24, 2.45) is 11.8 Å². The lowest BCUT2D eigenvalue weighted by Crippen LogP contribution is -2.58. The Kier molecular flexibility index (Phi) is 9.88. The number of carboxylic acid groups (broad SMARTS) is 1. The molecule has 1 aromatic heterocycles. The standard InChI is InChI=1S/C25H40N4O6/c1-8-14(4)21(25(33)34)28-23(31)18-11-10-17(19-12-9-15(5)35-19)29(18)24(32)20(13(2)3)27-22(30)16(6)26-7/h9,12-14,16-18,20-21,26H,8,10-11H2,1-7H3,(H,27,30)(H,28,31)(H,33,34)/t14?,16?,17-,18+,20?,21?/m1/s1. The summed E-state index contributed by atoms with van der Waals surface area (Å²) >= 11 is 0. The van der Waals surface area contributed by atoms with Gasteiger partial charge in [0.05, 0.1) is 12.1 Å². The molecule has 0 aromatic carbocycles. The summed E-state index contributed by atoms with van der Waals surface area (Å²) in [4.78, 5) is 53.1. The van der Waals surface area contributed by atoms with Crippen molar-refractivity contribution in [1.29, 1.82) is 0 Å². The number of rotatable bonds is 11. The van der Waals surface area contributed by atoms with Gasteiger partial charge in [0.25, 0.3) is 0 Å². The number of likely N-dealkylation sites (N-methyl/N-ethyl adjacent to an activating group) is 1. The van der Waals surface area contributed by atoms with E-state index >= 15 is 0 Å². The van der Waals surface area contributed by atoms with E-state index in [0.29, 0.717) is 30.8 Å². The number of aryl methyl sites for hydroxylation is 1. The Bertz CT molecular complexity index is 914. The third-order valence-electron chi connectivity index (χ3n) is 6.87. The molecule has 10 heteroatoms. The van der Waals surface area contributed by atoms with Gasteiger partial charge in [-0.25, -0.2) is 4.79 Å². The van der Waals surface area contributed by atoms with Gasteiger partial charge in [-0.3, -0.25) is 14.4 Å². The summed E-state index contributed by atoms with van der Waals surface area (Å²) in [6, 6.07) is -0.238. The Morgan fingerprint density at radius 1 is 1.09 bits per heavy atom. The summed E-state index contributed by atoms with van der Waals surface area (Å²) < 4.78 is 5.81. The van der Waals surface area contributed by atoms with Crippen molar-refractivity contribution in [3.05, 3.63) is 23.7 Å². The average molecular weight is 493 g/mol. The van der Waals surface area contributed by atoms with Crippen LogP contribution in [0.15, 0.2) is 16.5 Å². The molecule has 2 heterocycles. The lowest BCUT2D eigenvalue weighted by atomic mass is 9.98. The molecule has 0 aliphatic carbocycles. The summed E-state index contributed by atoms with van der Waals surface area (Å²) in [6.07, 6.45) is 1.40. The third kappa shape index (κ3) is 6.62. The van der Waals surface area contributed by atoms with Crippen LogP contribution in [0, 0.1) is 18.8 Å². The van der Waals surface area contributed by atoms with Crippen molar-refractivity contribution in [3.63, 3.8) is 0 Å². The van der Waals surface area contributed by atoms with Crippen LogP contribution in [-0.4, -0.2) is 64.9 Å². The number of carboxylic acids is 1. The number of furan rings is 1. The molecule has 0 spiro atoms. The molecular weight excluding hydrogens is 452 g/mol. The molecule has 3 amide bonds. The highest BCUT2D eigenvalue weighted by Crippen LogP contribution is 2.38. The fourth-order valence-electron chi connectivity index (χ4n) is 4.30. The number of nitrogens with one attached hydrogen (secondary N) is 3. The molecule has 1 saturated heterocycles. The molecule has 6 atom stereocenters. The van der Waals surface area contributed by atoms with Gasteiger partial charge in [0, 0.05) is 0 Å². The van der Waals surface area contributed by atoms with Gasteiger partial charge >= 0.3 is 5.97 Å². The van der Waals surface area contributed by atoms with Gasteiger partial charge in [0.2, 0.25) is 17.7 Å². The first-order valence-corrected chi connectivity index (χ1v) is 12.3. The second-order valence-electron chi connectivity index (χ2n) is 9.75. The molecule has 0 radical (unpaired) electrons. The number of likely N-dealkylation sites (tertiary alicyclic amines) is 1. The Morgan fingerprint density at radius 2 is 1.74 bits per heavy atom. The van der Waals surface area contributed by atoms with E-state index < -0.39 is 48.0 Å². The van der Waals surface area contributed by atoms with Crippen LogP contribution in [0.1, 0.15) is 71.4 Å². The minimum Gasteiger partial charge on any atom is -0.480 e. The van der Waals surface area contributed by atoms with E-state index in [2.05, 4.69) is 16.0 Å². The van der Waals surface area contributed by atoms with Gasteiger partial charge < -0.3 is 30.4 Å². The van der Waals surface area contributed by atoms with Crippen molar-refractivity contribution in [1.82, 2.24) is 20.9 Å². The smallest absolute Gasteiger partial charge is 0.326 e. The molecule has 196 valence electrons. The summed E-state index contributed by atoms with van der Waals surface area (Å²) in [6.45, 7) is 10.8. The van der Waals surface area contributed by atoms with Crippen LogP contribution in [-0.2, 0) is 19.2 Å². The van der Waals surface area contributed by atoms with Crippen LogP contribution in [0.4, 0.5) is 0 Å². The highest BCUT2D eigenvalue weighted by molar-refractivity contribution is 5.95. The molecule has 4 unspecified atom stereocenters. The minimum atomic E-state index is -1.12.